The van der Waals surface area contributed by atoms with Crippen molar-refractivity contribution in [3.8, 4) is 5.69 Å². The predicted octanol–water partition coefficient (Wildman–Crippen LogP) is 2.42. The van der Waals surface area contributed by atoms with Gasteiger partial charge < -0.3 is 14.1 Å². The predicted molar refractivity (Wildman–Crippen MR) is 65.2 cm³/mol. The van der Waals surface area contributed by atoms with Gasteiger partial charge >= 0.3 is 0 Å². The molecule has 1 N–H and O–H groups in total. The van der Waals surface area contributed by atoms with Gasteiger partial charge in [-0.25, -0.2) is 4.98 Å². The molecule has 3 rings (SSSR count). The van der Waals surface area contributed by atoms with Crippen molar-refractivity contribution in [1.82, 2.24) is 19.1 Å². The van der Waals surface area contributed by atoms with Crippen LogP contribution in [0.4, 0.5) is 0 Å². The molecule has 1 aromatic carbocycles. The van der Waals surface area contributed by atoms with Gasteiger partial charge in [-0.1, -0.05) is 0 Å². The number of aromatic amines is 1. The number of H-pyrrole nitrogens is 1. The molecule has 0 aliphatic carbocycles. The molecule has 0 amide bonds. The maximum absolute atomic E-state index is 5.19. The maximum atomic E-state index is 5.19. The van der Waals surface area contributed by atoms with Crippen molar-refractivity contribution in [3.05, 3.63) is 41.7 Å². The van der Waals surface area contributed by atoms with Gasteiger partial charge in [-0.2, -0.15) is 0 Å². The molecule has 3 aromatic rings. The quantitative estimate of drug-likeness (QED) is 0.652. The van der Waals surface area contributed by atoms with Crippen LogP contribution in [-0.2, 0) is 7.05 Å². The van der Waals surface area contributed by atoms with E-state index in [9.17, 15) is 0 Å². The summed E-state index contributed by atoms with van der Waals surface area (Å²) >= 11 is 5.19. The van der Waals surface area contributed by atoms with Crippen LogP contribution in [0.1, 0.15) is 0 Å². The van der Waals surface area contributed by atoms with Crippen LogP contribution in [0.15, 0.2) is 36.9 Å². The summed E-state index contributed by atoms with van der Waals surface area (Å²) in [7, 11) is 1.96. The molecule has 0 unspecified atom stereocenters. The van der Waals surface area contributed by atoms with E-state index >= 15 is 0 Å². The number of aryl methyl sites for hydroxylation is 1. The standard InChI is InChI=1S/C11H10N4S/c1-14-10-6-8(15-5-4-12-7-15)2-3-9(10)13-11(14)16/h2-7H,1H3,(H,13,16). The highest BCUT2D eigenvalue weighted by atomic mass is 32.1. The fraction of sp³-hybridized carbons (Fsp3) is 0.0909. The number of aromatic nitrogens is 4. The first-order valence-electron chi connectivity index (χ1n) is 4.93. The molecule has 0 fully saturated rings. The van der Waals surface area contributed by atoms with Crippen LogP contribution in [0.25, 0.3) is 16.7 Å². The molecule has 5 heteroatoms. The summed E-state index contributed by atoms with van der Waals surface area (Å²) in [4.78, 5) is 7.19. The second-order valence-electron chi connectivity index (χ2n) is 3.66. The van der Waals surface area contributed by atoms with Crippen molar-refractivity contribution in [2.75, 3.05) is 0 Å². The lowest BCUT2D eigenvalue weighted by Gasteiger charge is -2.02. The Balaban J connectivity index is 2.30. The van der Waals surface area contributed by atoms with Crippen LogP contribution >= 0.6 is 12.2 Å². The SMILES string of the molecule is Cn1c(=S)[nH]c2ccc(-n3ccnc3)cc21. The Morgan fingerprint density at radius 1 is 1.38 bits per heavy atom. The van der Waals surface area contributed by atoms with E-state index in [-0.39, 0.29) is 0 Å². The summed E-state index contributed by atoms with van der Waals surface area (Å²) in [6.07, 6.45) is 5.46. The minimum absolute atomic E-state index is 0.734. The lowest BCUT2D eigenvalue weighted by molar-refractivity contribution is 0.925. The molecule has 0 saturated carbocycles. The zero-order valence-electron chi connectivity index (χ0n) is 8.71. The lowest BCUT2D eigenvalue weighted by atomic mass is 10.2. The van der Waals surface area contributed by atoms with Crippen LogP contribution in [0, 0.1) is 4.77 Å². The summed E-state index contributed by atoms with van der Waals surface area (Å²) in [6, 6.07) is 6.15. The average Bonchev–Trinajstić information content (AvgIpc) is 2.89. The first-order valence-corrected chi connectivity index (χ1v) is 5.33. The van der Waals surface area contributed by atoms with Crippen LogP contribution in [-0.4, -0.2) is 19.1 Å². The van der Waals surface area contributed by atoms with Crippen molar-refractivity contribution >= 4 is 23.3 Å². The second kappa shape index (κ2) is 3.31. The van der Waals surface area contributed by atoms with Crippen molar-refractivity contribution in [3.63, 3.8) is 0 Å². The van der Waals surface area contributed by atoms with Crippen LogP contribution in [0.5, 0.6) is 0 Å². The monoisotopic (exact) mass is 230 g/mol. The highest BCUT2D eigenvalue weighted by Gasteiger charge is 2.02. The van der Waals surface area contributed by atoms with Crippen molar-refractivity contribution in [1.29, 1.82) is 0 Å². The summed E-state index contributed by atoms with van der Waals surface area (Å²) in [5.74, 6) is 0. The third-order valence-corrected chi connectivity index (χ3v) is 3.07. The minimum atomic E-state index is 0.734. The fourth-order valence-electron chi connectivity index (χ4n) is 1.78. The highest BCUT2D eigenvalue weighted by Crippen LogP contribution is 2.17. The molecule has 80 valence electrons. The zero-order valence-corrected chi connectivity index (χ0v) is 9.53. The molecule has 0 radical (unpaired) electrons. The number of nitrogens with one attached hydrogen (secondary N) is 1. The van der Waals surface area contributed by atoms with Gasteiger partial charge in [-0.15, -0.1) is 0 Å². The number of nitrogens with zero attached hydrogens (tertiary/aromatic N) is 3. The zero-order chi connectivity index (χ0) is 11.1. The van der Waals surface area contributed by atoms with Gasteiger partial charge in [-0.05, 0) is 30.4 Å². The van der Waals surface area contributed by atoms with Crippen LogP contribution < -0.4 is 0 Å². The molecule has 0 bridgehead atoms. The van der Waals surface area contributed by atoms with Gasteiger partial charge in [0.15, 0.2) is 4.77 Å². The molecule has 2 aromatic heterocycles. The Bertz CT molecular complexity index is 690. The van der Waals surface area contributed by atoms with Crippen LogP contribution in [0.2, 0.25) is 0 Å². The molecule has 0 aliphatic heterocycles. The molecular weight excluding hydrogens is 220 g/mol. The van der Waals surface area contributed by atoms with Gasteiger partial charge in [0, 0.05) is 25.1 Å². The Kier molecular flexibility index (Phi) is 1.94. The summed E-state index contributed by atoms with van der Waals surface area (Å²) in [5.41, 5.74) is 3.22. The van der Waals surface area contributed by atoms with E-state index in [1.54, 1.807) is 12.5 Å². The Morgan fingerprint density at radius 3 is 3.00 bits per heavy atom. The third kappa shape index (κ3) is 1.29. The Labute approximate surface area is 97.2 Å². The van der Waals surface area contributed by atoms with E-state index in [0.29, 0.717) is 0 Å². The minimum Gasteiger partial charge on any atom is -0.331 e. The number of imidazole rings is 2. The smallest absolute Gasteiger partial charge is 0.177 e. The maximum Gasteiger partial charge on any atom is 0.177 e. The van der Waals surface area contributed by atoms with E-state index in [1.165, 1.54) is 0 Å². The highest BCUT2D eigenvalue weighted by molar-refractivity contribution is 7.71. The van der Waals surface area contributed by atoms with E-state index in [2.05, 4.69) is 16.0 Å². The van der Waals surface area contributed by atoms with E-state index in [4.69, 9.17) is 12.2 Å². The van der Waals surface area contributed by atoms with Gasteiger partial charge in [0.25, 0.3) is 0 Å². The number of hydrogen-bond acceptors (Lipinski definition) is 2. The van der Waals surface area contributed by atoms with Crippen molar-refractivity contribution in [2.45, 2.75) is 0 Å². The Morgan fingerprint density at radius 2 is 2.25 bits per heavy atom. The van der Waals surface area contributed by atoms with Crippen LogP contribution in [0.3, 0.4) is 0 Å². The Hall–Kier alpha value is -1.88. The van der Waals surface area contributed by atoms with Gasteiger partial charge in [0.2, 0.25) is 0 Å². The first kappa shape index (κ1) is 9.35. The topological polar surface area (TPSA) is 38.5 Å². The average molecular weight is 230 g/mol. The fourth-order valence-corrected chi connectivity index (χ4v) is 1.99. The molecule has 0 atom stereocenters. The van der Waals surface area contributed by atoms with Crippen molar-refractivity contribution < 1.29 is 0 Å². The van der Waals surface area contributed by atoms with Crippen molar-refractivity contribution in [2.24, 2.45) is 7.05 Å². The number of benzene rings is 1. The van der Waals surface area contributed by atoms with Gasteiger partial charge in [0.1, 0.15) is 0 Å². The molecule has 16 heavy (non-hydrogen) atoms. The van der Waals surface area contributed by atoms with E-state index in [1.807, 2.05) is 34.5 Å². The van der Waals surface area contributed by atoms with Gasteiger partial charge in [0.05, 0.1) is 17.4 Å². The normalized spacial score (nSPS) is 11.1. The third-order valence-electron chi connectivity index (χ3n) is 2.69. The summed E-state index contributed by atoms with van der Waals surface area (Å²) in [5, 5.41) is 0. The molecular formula is C11H10N4S. The van der Waals surface area contributed by atoms with E-state index < -0.39 is 0 Å². The molecule has 0 spiro atoms. The lowest BCUT2D eigenvalue weighted by Crippen LogP contribution is -1.91. The van der Waals surface area contributed by atoms with E-state index in [0.717, 1.165) is 21.5 Å². The molecule has 0 aliphatic rings. The summed E-state index contributed by atoms with van der Waals surface area (Å²) in [6.45, 7) is 0. The first-order chi connectivity index (χ1) is 7.75. The number of fused-ring (bicyclic) bond motifs is 1. The molecule has 2 heterocycles. The number of rotatable bonds is 1. The summed E-state index contributed by atoms with van der Waals surface area (Å²) < 4.78 is 4.67. The van der Waals surface area contributed by atoms with Gasteiger partial charge in [-0.3, -0.25) is 0 Å². The second-order valence-corrected chi connectivity index (χ2v) is 4.05. The largest absolute Gasteiger partial charge is 0.331 e. The number of hydrogen-bond donors (Lipinski definition) is 1. The molecule has 4 nitrogen and oxygen atoms in total. The molecule has 0 saturated heterocycles.